The predicted octanol–water partition coefficient (Wildman–Crippen LogP) is 5.23. The van der Waals surface area contributed by atoms with Crippen molar-refractivity contribution in [2.45, 2.75) is 6.92 Å². The summed E-state index contributed by atoms with van der Waals surface area (Å²) in [4.78, 5) is 11.7. The van der Waals surface area contributed by atoms with Gasteiger partial charge in [-0.3, -0.25) is 0 Å². The van der Waals surface area contributed by atoms with Crippen LogP contribution in [-0.2, 0) is 4.74 Å². The minimum Gasteiger partial charge on any atom is -0.505 e. The van der Waals surface area contributed by atoms with E-state index in [4.69, 9.17) is 4.74 Å². The molecule has 0 saturated carbocycles. The summed E-state index contributed by atoms with van der Waals surface area (Å²) in [5.41, 5.74) is 1.87. The lowest BCUT2D eigenvalue weighted by Gasteiger charge is -2.13. The molecule has 5 heteroatoms. The largest absolute Gasteiger partial charge is 0.505 e. The van der Waals surface area contributed by atoms with Gasteiger partial charge >= 0.3 is 5.97 Å². The minimum atomic E-state index is -0.347. The van der Waals surface area contributed by atoms with Gasteiger partial charge in [0.1, 0.15) is 0 Å². The van der Waals surface area contributed by atoms with Crippen molar-refractivity contribution in [3.63, 3.8) is 0 Å². The molecule has 0 amide bonds. The van der Waals surface area contributed by atoms with Crippen LogP contribution in [0.15, 0.2) is 59.1 Å². The number of ether oxygens (including phenoxy) is 1. The molecule has 0 radical (unpaired) electrons. The summed E-state index contributed by atoms with van der Waals surface area (Å²) in [6.07, 6.45) is 0. The highest BCUT2D eigenvalue weighted by molar-refractivity contribution is 9.10. The average molecular weight is 386 g/mol. The Morgan fingerprint density at radius 2 is 1.88 bits per heavy atom. The molecule has 0 bridgehead atoms. The fourth-order valence-electron chi connectivity index (χ4n) is 2.48. The number of hydrogen-bond donors (Lipinski definition) is 2. The molecule has 0 aliphatic rings. The molecule has 3 aromatic rings. The number of hydrogen-bond acceptors (Lipinski definition) is 4. The van der Waals surface area contributed by atoms with Gasteiger partial charge < -0.3 is 15.2 Å². The van der Waals surface area contributed by atoms with Crippen molar-refractivity contribution in [1.29, 1.82) is 0 Å². The van der Waals surface area contributed by atoms with Gasteiger partial charge in [-0.25, -0.2) is 4.79 Å². The lowest BCUT2D eigenvalue weighted by atomic mass is 10.1. The fourth-order valence-corrected chi connectivity index (χ4v) is 2.92. The lowest BCUT2D eigenvalue weighted by Crippen LogP contribution is -2.04. The first-order valence-electron chi connectivity index (χ1n) is 7.54. The smallest absolute Gasteiger partial charge is 0.338 e. The Bertz CT molecular complexity index is 891. The van der Waals surface area contributed by atoms with Crippen LogP contribution >= 0.6 is 15.9 Å². The molecule has 0 unspecified atom stereocenters. The van der Waals surface area contributed by atoms with Crippen LogP contribution in [0.4, 0.5) is 11.4 Å². The van der Waals surface area contributed by atoms with Crippen LogP contribution in [0.25, 0.3) is 10.8 Å². The Balaban J connectivity index is 1.95. The van der Waals surface area contributed by atoms with Crippen LogP contribution in [0.5, 0.6) is 5.75 Å². The molecule has 3 aromatic carbocycles. The number of halogens is 1. The van der Waals surface area contributed by atoms with Crippen molar-refractivity contribution in [3.05, 3.63) is 64.6 Å². The summed E-state index contributed by atoms with van der Waals surface area (Å²) >= 11 is 3.38. The van der Waals surface area contributed by atoms with E-state index in [1.165, 1.54) is 0 Å². The molecule has 24 heavy (non-hydrogen) atoms. The summed E-state index contributed by atoms with van der Waals surface area (Å²) in [6, 6.07) is 16.6. The van der Waals surface area contributed by atoms with Crippen LogP contribution in [0.3, 0.4) is 0 Å². The number of fused-ring (bicyclic) bond motifs is 1. The van der Waals surface area contributed by atoms with Crippen LogP contribution in [0.1, 0.15) is 17.3 Å². The molecule has 0 saturated heterocycles. The molecular formula is C19H16BrNO3. The molecule has 0 spiro atoms. The number of rotatable bonds is 4. The highest BCUT2D eigenvalue weighted by Crippen LogP contribution is 2.40. The van der Waals surface area contributed by atoms with E-state index in [1.54, 1.807) is 31.2 Å². The molecule has 0 atom stereocenters. The van der Waals surface area contributed by atoms with Crippen molar-refractivity contribution >= 4 is 44.0 Å². The Labute approximate surface area is 148 Å². The average Bonchev–Trinajstić information content (AvgIpc) is 2.59. The van der Waals surface area contributed by atoms with Gasteiger partial charge in [0.05, 0.1) is 22.3 Å². The van der Waals surface area contributed by atoms with Crippen LogP contribution in [-0.4, -0.2) is 17.7 Å². The molecule has 0 fully saturated rings. The molecular weight excluding hydrogens is 370 g/mol. The summed E-state index contributed by atoms with van der Waals surface area (Å²) in [6.45, 7) is 2.12. The van der Waals surface area contributed by atoms with E-state index in [2.05, 4.69) is 21.2 Å². The molecule has 0 heterocycles. The van der Waals surface area contributed by atoms with Crippen molar-refractivity contribution in [2.75, 3.05) is 11.9 Å². The van der Waals surface area contributed by atoms with Crippen LogP contribution in [0.2, 0.25) is 0 Å². The first kappa shape index (κ1) is 16.3. The van der Waals surface area contributed by atoms with Gasteiger partial charge in [0.15, 0.2) is 5.75 Å². The lowest BCUT2D eigenvalue weighted by molar-refractivity contribution is 0.0526. The molecule has 0 aliphatic carbocycles. The van der Waals surface area contributed by atoms with E-state index in [0.29, 0.717) is 22.3 Å². The van der Waals surface area contributed by atoms with Gasteiger partial charge in [0.2, 0.25) is 0 Å². The summed E-state index contributed by atoms with van der Waals surface area (Å²) in [5.74, 6) is -0.206. The van der Waals surface area contributed by atoms with Gasteiger partial charge in [-0.15, -0.1) is 0 Å². The van der Waals surface area contributed by atoms with Crippen LogP contribution < -0.4 is 5.32 Å². The van der Waals surface area contributed by atoms with E-state index < -0.39 is 0 Å². The molecule has 0 aliphatic heterocycles. The van der Waals surface area contributed by atoms with Crippen molar-refractivity contribution in [3.8, 4) is 5.75 Å². The third-order valence-electron chi connectivity index (χ3n) is 3.64. The van der Waals surface area contributed by atoms with E-state index in [-0.39, 0.29) is 11.7 Å². The SMILES string of the molecule is CCOC(=O)c1ccc(Nc2c(O)c(Br)cc3ccccc23)cc1. The molecule has 2 N–H and O–H groups in total. The summed E-state index contributed by atoms with van der Waals surface area (Å²) in [7, 11) is 0. The maximum Gasteiger partial charge on any atom is 0.338 e. The topological polar surface area (TPSA) is 58.6 Å². The zero-order valence-corrected chi connectivity index (χ0v) is 14.6. The quantitative estimate of drug-likeness (QED) is 0.476. The van der Waals surface area contributed by atoms with Crippen molar-refractivity contribution in [1.82, 2.24) is 0 Å². The first-order chi connectivity index (χ1) is 11.6. The van der Waals surface area contributed by atoms with E-state index >= 15 is 0 Å². The van der Waals surface area contributed by atoms with Gasteiger partial charge in [-0.05, 0) is 58.6 Å². The standard InChI is InChI=1S/C19H16BrNO3/c1-2-24-19(23)12-7-9-14(10-8-12)21-17-15-6-4-3-5-13(15)11-16(20)18(17)22/h3-11,21-22H,2H2,1H3. The number of phenolic OH excluding ortho intramolecular Hbond substituents is 1. The summed E-state index contributed by atoms with van der Waals surface area (Å²) < 4.78 is 5.59. The number of phenols is 1. The Kier molecular flexibility index (Phi) is 4.71. The molecule has 0 aromatic heterocycles. The Hall–Kier alpha value is -2.53. The van der Waals surface area contributed by atoms with E-state index in [9.17, 15) is 9.90 Å². The van der Waals surface area contributed by atoms with E-state index in [0.717, 1.165) is 16.5 Å². The fraction of sp³-hybridized carbons (Fsp3) is 0.105. The number of nitrogens with one attached hydrogen (secondary N) is 1. The van der Waals surface area contributed by atoms with Gasteiger partial charge in [0, 0.05) is 11.1 Å². The number of carbonyl (C=O) groups excluding carboxylic acids is 1. The normalized spacial score (nSPS) is 10.6. The zero-order valence-electron chi connectivity index (χ0n) is 13.0. The monoisotopic (exact) mass is 385 g/mol. The second-order valence-electron chi connectivity index (χ2n) is 5.23. The predicted molar refractivity (Wildman–Crippen MR) is 99.0 cm³/mol. The maximum atomic E-state index is 11.7. The van der Waals surface area contributed by atoms with Crippen LogP contribution in [0, 0.1) is 0 Å². The number of benzene rings is 3. The van der Waals surface area contributed by atoms with Gasteiger partial charge in [-0.1, -0.05) is 24.3 Å². The van der Waals surface area contributed by atoms with Crippen molar-refractivity contribution < 1.29 is 14.6 Å². The number of aromatic hydroxyl groups is 1. The Morgan fingerprint density at radius 3 is 2.58 bits per heavy atom. The Morgan fingerprint density at radius 1 is 1.17 bits per heavy atom. The second-order valence-corrected chi connectivity index (χ2v) is 6.08. The molecule has 4 nitrogen and oxygen atoms in total. The third kappa shape index (κ3) is 3.21. The van der Waals surface area contributed by atoms with Crippen molar-refractivity contribution in [2.24, 2.45) is 0 Å². The summed E-state index contributed by atoms with van der Waals surface area (Å²) in [5, 5.41) is 15.5. The number of carbonyl (C=O) groups is 1. The minimum absolute atomic E-state index is 0.142. The highest BCUT2D eigenvalue weighted by atomic mass is 79.9. The maximum absolute atomic E-state index is 11.7. The molecule has 3 rings (SSSR count). The highest BCUT2D eigenvalue weighted by Gasteiger charge is 2.12. The van der Waals surface area contributed by atoms with Gasteiger partial charge in [-0.2, -0.15) is 0 Å². The zero-order chi connectivity index (χ0) is 17.1. The third-order valence-corrected chi connectivity index (χ3v) is 4.25. The van der Waals surface area contributed by atoms with E-state index in [1.807, 2.05) is 30.3 Å². The number of esters is 1. The van der Waals surface area contributed by atoms with Gasteiger partial charge in [0.25, 0.3) is 0 Å². The first-order valence-corrected chi connectivity index (χ1v) is 8.34. The second kappa shape index (κ2) is 6.93. The molecule has 122 valence electrons. The number of anilines is 2.